The van der Waals surface area contributed by atoms with Gasteiger partial charge in [0, 0.05) is 19.5 Å². The van der Waals surface area contributed by atoms with Gasteiger partial charge in [0.15, 0.2) is 5.69 Å². The van der Waals surface area contributed by atoms with Gasteiger partial charge in [-0.25, -0.2) is 14.1 Å². The van der Waals surface area contributed by atoms with Crippen LogP contribution in [-0.2, 0) is 27.8 Å². The van der Waals surface area contributed by atoms with Crippen LogP contribution in [0, 0.1) is 11.7 Å². The summed E-state index contributed by atoms with van der Waals surface area (Å²) in [6, 6.07) is 3.58. The largest absolute Gasteiger partial charge is 0.516 e. The minimum atomic E-state index is -5.81. The fourth-order valence-corrected chi connectivity index (χ4v) is 6.40. The highest BCUT2D eigenvalue weighted by atomic mass is 32.2. The second kappa shape index (κ2) is 14.7. The molecule has 14 heteroatoms. The normalized spacial score (nSPS) is 18.6. The fraction of sp³-hybridized carbons (Fsp3) is 0.621. The molecule has 0 unspecified atom stereocenters. The topological polar surface area (TPSA) is 122 Å². The Kier molecular flexibility index (Phi) is 11.2. The van der Waals surface area contributed by atoms with Crippen LogP contribution < -0.4 is 10.0 Å². The molecule has 9 nitrogen and oxygen atoms in total. The number of rotatable bonds is 13. The maximum Gasteiger partial charge on any atom is 0.516 e. The molecule has 1 saturated carbocycles. The van der Waals surface area contributed by atoms with Gasteiger partial charge >= 0.3 is 15.5 Å². The second-order valence-electron chi connectivity index (χ2n) is 11.3. The van der Waals surface area contributed by atoms with Crippen molar-refractivity contribution < 1.29 is 40.0 Å². The lowest BCUT2D eigenvalue weighted by Crippen LogP contribution is -2.40. The number of unbranched alkanes of at least 4 members (excludes halogenated alkanes) is 1. The van der Waals surface area contributed by atoms with E-state index in [1.807, 2.05) is 4.90 Å². The molecule has 0 bridgehead atoms. The number of halogens is 4. The zero-order chi connectivity index (χ0) is 31.0. The first-order valence-electron chi connectivity index (χ1n) is 14.8. The summed E-state index contributed by atoms with van der Waals surface area (Å²) in [5.74, 6) is -0.999. The first kappa shape index (κ1) is 32.9. The third kappa shape index (κ3) is 9.24. The molecule has 4 rings (SSSR count). The van der Waals surface area contributed by atoms with Gasteiger partial charge in [-0.2, -0.15) is 21.6 Å². The quantitative estimate of drug-likeness (QED) is 0.221. The molecule has 2 aromatic rings. The van der Waals surface area contributed by atoms with E-state index >= 15 is 0 Å². The fourth-order valence-electron chi connectivity index (χ4n) is 5.88. The summed E-state index contributed by atoms with van der Waals surface area (Å²) in [5.41, 5.74) is -4.44. The number of carbonyl (C=O) groups is 2. The highest BCUT2D eigenvalue weighted by Crippen LogP contribution is 2.34. The number of aromatic nitrogens is 1. The molecule has 1 aromatic heterocycles. The van der Waals surface area contributed by atoms with Crippen molar-refractivity contribution in [3.63, 3.8) is 0 Å². The summed E-state index contributed by atoms with van der Waals surface area (Å²) in [5, 5.41) is 2.90. The molecule has 2 aliphatic rings. The molecule has 43 heavy (non-hydrogen) atoms. The molecule has 1 atom stereocenters. The third-order valence-electron chi connectivity index (χ3n) is 8.17. The van der Waals surface area contributed by atoms with E-state index in [-0.39, 0.29) is 30.6 Å². The van der Waals surface area contributed by atoms with Gasteiger partial charge < -0.3 is 9.73 Å². The van der Waals surface area contributed by atoms with Crippen LogP contribution in [0.4, 0.5) is 17.6 Å². The molecule has 2 amide bonds. The molecule has 1 aliphatic heterocycles. The molecule has 1 aromatic carbocycles. The van der Waals surface area contributed by atoms with Crippen molar-refractivity contribution in [3.8, 4) is 0 Å². The van der Waals surface area contributed by atoms with E-state index in [1.165, 1.54) is 63.0 Å². The van der Waals surface area contributed by atoms with Crippen molar-refractivity contribution in [3.05, 3.63) is 53.0 Å². The van der Waals surface area contributed by atoms with E-state index in [1.54, 1.807) is 0 Å². The Hall–Kier alpha value is -3.00. The minimum Gasteiger partial charge on any atom is -0.446 e. The average molecular weight is 631 g/mol. The van der Waals surface area contributed by atoms with Gasteiger partial charge in [-0.05, 0) is 61.4 Å². The zero-order valence-electron chi connectivity index (χ0n) is 23.9. The number of alkyl halides is 3. The molecule has 2 N–H and O–H groups in total. The van der Waals surface area contributed by atoms with E-state index < -0.39 is 33.7 Å². The van der Waals surface area contributed by atoms with Crippen molar-refractivity contribution in [1.82, 2.24) is 19.9 Å². The summed E-state index contributed by atoms with van der Waals surface area (Å²) in [6.45, 7) is 1.41. The van der Waals surface area contributed by atoms with Gasteiger partial charge in [0.1, 0.15) is 12.1 Å². The second-order valence-corrected chi connectivity index (χ2v) is 13.0. The molecular weight excluding hydrogens is 592 g/mol. The molecule has 0 spiro atoms. The number of carbonyl (C=O) groups excluding carboxylic acids is 2. The van der Waals surface area contributed by atoms with Crippen LogP contribution in [0.2, 0.25) is 0 Å². The van der Waals surface area contributed by atoms with Crippen molar-refractivity contribution in [2.24, 2.45) is 5.92 Å². The van der Waals surface area contributed by atoms with Crippen LogP contribution in [0.15, 0.2) is 28.9 Å². The number of aryl methyl sites for hydroxylation is 1. The number of amides is 2. The van der Waals surface area contributed by atoms with Crippen LogP contribution in [0.5, 0.6) is 0 Å². The molecular formula is C29H38F4N4O5S. The van der Waals surface area contributed by atoms with Crippen LogP contribution in [-0.4, -0.2) is 48.7 Å². The van der Waals surface area contributed by atoms with Crippen molar-refractivity contribution in [1.29, 1.82) is 0 Å². The maximum absolute atomic E-state index is 14.2. The number of hydrogen-bond donors (Lipinski definition) is 2. The predicted molar refractivity (Wildman–Crippen MR) is 149 cm³/mol. The lowest BCUT2D eigenvalue weighted by Gasteiger charge is -2.23. The summed E-state index contributed by atoms with van der Waals surface area (Å²) < 4.78 is 81.0. The monoisotopic (exact) mass is 630 g/mol. The Morgan fingerprint density at radius 1 is 1.05 bits per heavy atom. The highest BCUT2D eigenvalue weighted by molar-refractivity contribution is 7.90. The van der Waals surface area contributed by atoms with E-state index in [2.05, 4.69) is 10.3 Å². The average Bonchev–Trinajstić information content (AvgIpc) is 3.62. The number of nitrogens with zero attached hydrogens (tertiary/aromatic N) is 2. The van der Waals surface area contributed by atoms with Crippen LogP contribution >= 0.6 is 0 Å². The van der Waals surface area contributed by atoms with Gasteiger partial charge in [-0.3, -0.25) is 14.5 Å². The Balaban J connectivity index is 1.30. The summed E-state index contributed by atoms with van der Waals surface area (Å²) in [4.78, 5) is 31.0. The third-order valence-corrected chi connectivity index (χ3v) is 9.27. The van der Waals surface area contributed by atoms with Crippen molar-refractivity contribution in [2.75, 3.05) is 13.1 Å². The molecule has 2 fully saturated rings. The standard InChI is InChI=1S/C29H38F4N4O5S/c30-23-13-11-21(12-14-26(38)36-43(40,41)29(31,32)33)22(17-23)18-37-16-6-10-25(37)28-35-24(19-42-28)27(39)34-15-5-4-9-20-7-2-1-3-8-20/h11,13,17,19-20,25H,1-10,12,14-16,18H2,(H,34,39)(H,36,38)/t25-/m0/s1. The number of hydrogen-bond acceptors (Lipinski definition) is 7. The summed E-state index contributed by atoms with van der Waals surface area (Å²) >= 11 is 0. The van der Waals surface area contributed by atoms with Crippen LogP contribution in [0.3, 0.4) is 0 Å². The van der Waals surface area contributed by atoms with Gasteiger partial charge in [-0.1, -0.05) is 51.0 Å². The first-order valence-corrected chi connectivity index (χ1v) is 16.3. The Morgan fingerprint density at radius 2 is 1.81 bits per heavy atom. The van der Waals surface area contributed by atoms with E-state index in [0.29, 0.717) is 36.5 Å². The smallest absolute Gasteiger partial charge is 0.446 e. The molecule has 0 radical (unpaired) electrons. The maximum atomic E-state index is 14.2. The van der Waals surface area contributed by atoms with E-state index in [9.17, 15) is 35.6 Å². The minimum absolute atomic E-state index is 0.0999. The number of nitrogens with one attached hydrogen (secondary N) is 2. The highest BCUT2D eigenvalue weighted by Gasteiger charge is 2.46. The molecule has 238 valence electrons. The van der Waals surface area contributed by atoms with Gasteiger partial charge in [0.2, 0.25) is 11.8 Å². The first-order chi connectivity index (χ1) is 20.4. The zero-order valence-corrected chi connectivity index (χ0v) is 24.7. The predicted octanol–water partition coefficient (Wildman–Crippen LogP) is 5.53. The Morgan fingerprint density at radius 3 is 2.56 bits per heavy atom. The lowest BCUT2D eigenvalue weighted by atomic mass is 9.86. The number of benzene rings is 1. The number of sulfonamides is 1. The van der Waals surface area contributed by atoms with Crippen LogP contribution in [0.1, 0.15) is 104 Å². The molecule has 2 heterocycles. The lowest BCUT2D eigenvalue weighted by molar-refractivity contribution is -0.120. The van der Waals surface area contributed by atoms with Crippen molar-refractivity contribution in [2.45, 2.75) is 95.1 Å². The SMILES string of the molecule is O=C(CCc1ccc(F)cc1CN1CCC[C@H]1c1nc(C(=O)NCCCCC2CCCCC2)co1)NS(=O)(=O)C(F)(F)F. The van der Waals surface area contributed by atoms with E-state index in [0.717, 1.165) is 29.9 Å². The van der Waals surface area contributed by atoms with Gasteiger partial charge in [-0.15, -0.1) is 0 Å². The molecule has 1 saturated heterocycles. The van der Waals surface area contributed by atoms with E-state index in [4.69, 9.17) is 4.42 Å². The van der Waals surface area contributed by atoms with Gasteiger partial charge in [0.05, 0.1) is 6.04 Å². The number of likely N-dealkylation sites (tertiary alicyclic amines) is 1. The van der Waals surface area contributed by atoms with Crippen molar-refractivity contribution >= 4 is 21.8 Å². The van der Waals surface area contributed by atoms with Crippen LogP contribution in [0.25, 0.3) is 0 Å². The molecule has 1 aliphatic carbocycles. The Bertz CT molecular complexity index is 1360. The summed E-state index contributed by atoms with van der Waals surface area (Å²) in [7, 11) is -5.81. The Labute approximate surface area is 248 Å². The summed E-state index contributed by atoms with van der Waals surface area (Å²) in [6.07, 6.45) is 11.9. The number of oxazole rings is 1. The van der Waals surface area contributed by atoms with Gasteiger partial charge in [0.25, 0.3) is 5.91 Å².